The lowest BCUT2D eigenvalue weighted by atomic mass is 10.3. The van der Waals surface area contributed by atoms with E-state index in [2.05, 4.69) is 28.5 Å². The molecule has 0 unspecified atom stereocenters. The number of rotatable bonds is 7. The molecule has 0 aromatic carbocycles. The second-order valence-electron chi connectivity index (χ2n) is 4.94. The lowest BCUT2D eigenvalue weighted by molar-refractivity contribution is 0.429. The summed E-state index contributed by atoms with van der Waals surface area (Å²) in [5.74, 6) is 0.879. The van der Waals surface area contributed by atoms with E-state index in [4.69, 9.17) is 0 Å². The van der Waals surface area contributed by atoms with Crippen LogP contribution in [0.5, 0.6) is 0 Å². The number of nitrogens with zero attached hydrogens (tertiary/aromatic N) is 4. The molecule has 0 saturated carbocycles. The van der Waals surface area contributed by atoms with E-state index in [1.807, 2.05) is 18.5 Å². The standard InChI is InChI=1S/C14H22FN5/c1-4-6-19-13(8-12(3)18-19)10-16-14-11(2)9-17-20(14)7-5-15/h8-9,16H,4-7,10H2,1-3H3. The zero-order valence-corrected chi connectivity index (χ0v) is 12.4. The van der Waals surface area contributed by atoms with Crippen LogP contribution in [-0.4, -0.2) is 26.2 Å². The van der Waals surface area contributed by atoms with Crippen LogP contribution in [0.2, 0.25) is 0 Å². The smallest absolute Gasteiger partial charge is 0.127 e. The Bertz CT molecular complexity index is 558. The summed E-state index contributed by atoms with van der Waals surface area (Å²) in [5, 5.41) is 12.0. The Morgan fingerprint density at radius 2 is 2.05 bits per heavy atom. The Morgan fingerprint density at radius 1 is 1.25 bits per heavy atom. The first-order valence-corrected chi connectivity index (χ1v) is 7.01. The topological polar surface area (TPSA) is 47.7 Å². The molecule has 0 radical (unpaired) electrons. The molecule has 0 aliphatic carbocycles. The molecule has 2 heterocycles. The lowest BCUT2D eigenvalue weighted by Gasteiger charge is -2.11. The number of aryl methyl sites for hydroxylation is 4. The average molecular weight is 279 g/mol. The number of hydrogen-bond acceptors (Lipinski definition) is 3. The van der Waals surface area contributed by atoms with Gasteiger partial charge in [0.2, 0.25) is 0 Å². The highest BCUT2D eigenvalue weighted by molar-refractivity contribution is 5.43. The number of anilines is 1. The molecule has 20 heavy (non-hydrogen) atoms. The average Bonchev–Trinajstić information content (AvgIpc) is 2.92. The molecule has 2 aromatic rings. The van der Waals surface area contributed by atoms with Gasteiger partial charge in [0.15, 0.2) is 0 Å². The van der Waals surface area contributed by atoms with Crippen LogP contribution in [-0.2, 0) is 19.6 Å². The van der Waals surface area contributed by atoms with Crippen molar-refractivity contribution in [3.05, 3.63) is 29.2 Å². The predicted molar refractivity (Wildman–Crippen MR) is 77.5 cm³/mol. The Balaban J connectivity index is 2.10. The summed E-state index contributed by atoms with van der Waals surface area (Å²) in [6.07, 6.45) is 2.81. The Kier molecular flexibility index (Phi) is 4.76. The second-order valence-corrected chi connectivity index (χ2v) is 4.94. The quantitative estimate of drug-likeness (QED) is 0.847. The molecule has 2 aromatic heterocycles. The first-order chi connectivity index (χ1) is 9.65. The van der Waals surface area contributed by atoms with Crippen molar-refractivity contribution in [3.63, 3.8) is 0 Å². The number of hydrogen-bond donors (Lipinski definition) is 1. The summed E-state index contributed by atoms with van der Waals surface area (Å²) < 4.78 is 16.2. The maximum Gasteiger partial charge on any atom is 0.127 e. The minimum absolute atomic E-state index is 0.281. The van der Waals surface area contributed by atoms with Crippen molar-refractivity contribution < 1.29 is 4.39 Å². The largest absolute Gasteiger partial charge is 0.364 e. The van der Waals surface area contributed by atoms with Gasteiger partial charge in [-0.25, -0.2) is 9.07 Å². The molecule has 110 valence electrons. The summed E-state index contributed by atoms with van der Waals surface area (Å²) in [6, 6.07) is 2.08. The van der Waals surface area contributed by atoms with Gasteiger partial charge in [0.05, 0.1) is 30.7 Å². The van der Waals surface area contributed by atoms with Crippen LogP contribution in [0.4, 0.5) is 10.2 Å². The van der Waals surface area contributed by atoms with Crippen LogP contribution in [0.1, 0.15) is 30.3 Å². The van der Waals surface area contributed by atoms with Gasteiger partial charge in [-0.05, 0) is 26.3 Å². The van der Waals surface area contributed by atoms with Gasteiger partial charge in [0, 0.05) is 12.1 Å². The van der Waals surface area contributed by atoms with Gasteiger partial charge in [-0.3, -0.25) is 4.68 Å². The summed E-state index contributed by atoms with van der Waals surface area (Å²) in [5.41, 5.74) is 3.18. The highest BCUT2D eigenvalue weighted by Crippen LogP contribution is 2.16. The fourth-order valence-corrected chi connectivity index (χ4v) is 2.28. The number of halogens is 1. The van der Waals surface area contributed by atoms with Gasteiger partial charge in [0.1, 0.15) is 12.5 Å². The normalized spacial score (nSPS) is 11.0. The number of alkyl halides is 1. The minimum atomic E-state index is -0.414. The number of aromatic nitrogens is 4. The third-order valence-corrected chi connectivity index (χ3v) is 3.18. The van der Waals surface area contributed by atoms with Gasteiger partial charge < -0.3 is 5.32 Å². The van der Waals surface area contributed by atoms with Crippen LogP contribution in [0.15, 0.2) is 12.3 Å². The van der Waals surface area contributed by atoms with E-state index >= 15 is 0 Å². The lowest BCUT2D eigenvalue weighted by Crippen LogP contribution is -2.13. The van der Waals surface area contributed by atoms with E-state index < -0.39 is 6.67 Å². The highest BCUT2D eigenvalue weighted by atomic mass is 19.1. The molecule has 2 rings (SSSR count). The second kappa shape index (κ2) is 6.54. The van der Waals surface area contributed by atoms with Crippen molar-refractivity contribution in [1.29, 1.82) is 0 Å². The first kappa shape index (κ1) is 14.6. The molecular weight excluding hydrogens is 257 g/mol. The zero-order valence-electron chi connectivity index (χ0n) is 12.4. The maximum atomic E-state index is 12.5. The fourth-order valence-electron chi connectivity index (χ4n) is 2.28. The molecule has 0 spiro atoms. The van der Waals surface area contributed by atoms with Crippen molar-refractivity contribution in [2.75, 3.05) is 12.0 Å². The Morgan fingerprint density at radius 3 is 2.75 bits per heavy atom. The summed E-state index contributed by atoms with van der Waals surface area (Å²) in [6.45, 7) is 7.54. The zero-order chi connectivity index (χ0) is 14.5. The summed E-state index contributed by atoms with van der Waals surface area (Å²) in [7, 11) is 0. The fraction of sp³-hybridized carbons (Fsp3) is 0.571. The molecule has 5 nitrogen and oxygen atoms in total. The van der Waals surface area contributed by atoms with Crippen LogP contribution in [0.25, 0.3) is 0 Å². The van der Waals surface area contributed by atoms with E-state index in [0.29, 0.717) is 6.54 Å². The Hall–Kier alpha value is -1.85. The van der Waals surface area contributed by atoms with E-state index in [9.17, 15) is 4.39 Å². The van der Waals surface area contributed by atoms with Gasteiger partial charge in [-0.1, -0.05) is 6.92 Å². The van der Waals surface area contributed by atoms with Gasteiger partial charge in [-0.15, -0.1) is 0 Å². The molecule has 6 heteroatoms. The van der Waals surface area contributed by atoms with Gasteiger partial charge in [0.25, 0.3) is 0 Å². The van der Waals surface area contributed by atoms with Crippen molar-refractivity contribution >= 4 is 5.82 Å². The van der Waals surface area contributed by atoms with E-state index in [1.165, 1.54) is 0 Å². The summed E-state index contributed by atoms with van der Waals surface area (Å²) >= 11 is 0. The van der Waals surface area contributed by atoms with E-state index in [-0.39, 0.29) is 6.54 Å². The molecule has 0 atom stereocenters. The van der Waals surface area contributed by atoms with E-state index in [0.717, 1.165) is 35.7 Å². The van der Waals surface area contributed by atoms with Gasteiger partial charge in [-0.2, -0.15) is 10.2 Å². The van der Waals surface area contributed by atoms with Crippen LogP contribution >= 0.6 is 0 Å². The van der Waals surface area contributed by atoms with Crippen LogP contribution in [0, 0.1) is 13.8 Å². The molecule has 0 bridgehead atoms. The third kappa shape index (κ3) is 3.18. The van der Waals surface area contributed by atoms with Crippen molar-refractivity contribution in [2.45, 2.75) is 46.8 Å². The monoisotopic (exact) mass is 279 g/mol. The summed E-state index contributed by atoms with van der Waals surface area (Å²) in [4.78, 5) is 0. The van der Waals surface area contributed by atoms with Crippen molar-refractivity contribution in [1.82, 2.24) is 19.6 Å². The molecular formula is C14H22FN5. The molecule has 0 amide bonds. The SMILES string of the molecule is CCCn1nc(C)cc1CNc1c(C)cnn1CCF. The molecule has 0 aliphatic rings. The molecule has 1 N–H and O–H groups in total. The third-order valence-electron chi connectivity index (χ3n) is 3.18. The van der Waals surface area contributed by atoms with Crippen LogP contribution < -0.4 is 5.32 Å². The Labute approximate surface area is 118 Å². The molecule has 0 fully saturated rings. The van der Waals surface area contributed by atoms with E-state index in [1.54, 1.807) is 10.9 Å². The predicted octanol–water partition coefficient (Wildman–Crippen LogP) is 2.69. The van der Waals surface area contributed by atoms with Crippen LogP contribution in [0.3, 0.4) is 0 Å². The van der Waals surface area contributed by atoms with Crippen molar-refractivity contribution in [3.8, 4) is 0 Å². The van der Waals surface area contributed by atoms with Crippen molar-refractivity contribution in [2.24, 2.45) is 0 Å². The maximum absolute atomic E-state index is 12.5. The highest BCUT2D eigenvalue weighted by Gasteiger charge is 2.09. The number of nitrogens with one attached hydrogen (secondary N) is 1. The first-order valence-electron chi connectivity index (χ1n) is 7.01. The minimum Gasteiger partial charge on any atom is -0.364 e. The van der Waals surface area contributed by atoms with Gasteiger partial charge >= 0.3 is 0 Å². The molecule has 0 saturated heterocycles. The molecule has 0 aliphatic heterocycles.